The number of rotatable bonds is 4. The first-order valence-electron chi connectivity index (χ1n) is 4.41. The number of benzene rings is 1. The molecule has 2 nitrogen and oxygen atoms in total. The van der Waals surface area contributed by atoms with Crippen LogP contribution >= 0.6 is 35.0 Å². The maximum absolute atomic E-state index is 11.2. The standard InChI is InChI=1S/C11H9Cl2NOS/c1-2-5-14-11(15)7-16-8-3-4-9(12)10(13)6-8/h1,3-4,6H,5,7H2,(H,14,15). The lowest BCUT2D eigenvalue weighted by Gasteiger charge is -2.03. The van der Waals surface area contributed by atoms with Crippen LogP contribution in [0, 0.1) is 12.3 Å². The molecule has 0 aromatic heterocycles. The van der Waals surface area contributed by atoms with Gasteiger partial charge in [-0.2, -0.15) is 0 Å². The number of nitrogens with one attached hydrogen (secondary N) is 1. The zero-order valence-corrected chi connectivity index (χ0v) is 10.6. The molecule has 0 aliphatic rings. The van der Waals surface area contributed by atoms with Gasteiger partial charge in [0.25, 0.3) is 0 Å². The van der Waals surface area contributed by atoms with Gasteiger partial charge in [0.2, 0.25) is 5.91 Å². The number of terminal acetylenes is 1. The van der Waals surface area contributed by atoms with E-state index in [9.17, 15) is 4.79 Å². The number of hydrogen-bond acceptors (Lipinski definition) is 2. The van der Waals surface area contributed by atoms with Crippen molar-refractivity contribution >= 4 is 40.9 Å². The van der Waals surface area contributed by atoms with Crippen LogP contribution < -0.4 is 5.32 Å². The quantitative estimate of drug-likeness (QED) is 0.675. The summed E-state index contributed by atoms with van der Waals surface area (Å²) in [6.07, 6.45) is 5.02. The van der Waals surface area contributed by atoms with Crippen molar-refractivity contribution in [2.45, 2.75) is 4.90 Å². The van der Waals surface area contributed by atoms with Gasteiger partial charge in [-0.3, -0.25) is 4.79 Å². The SMILES string of the molecule is C#CCNC(=O)CSc1ccc(Cl)c(Cl)c1. The molecule has 5 heteroatoms. The lowest BCUT2D eigenvalue weighted by atomic mass is 10.4. The molecule has 0 radical (unpaired) electrons. The Morgan fingerprint density at radius 1 is 1.44 bits per heavy atom. The third kappa shape index (κ3) is 4.36. The average molecular weight is 274 g/mol. The van der Waals surface area contributed by atoms with Gasteiger partial charge in [-0.15, -0.1) is 18.2 Å². The van der Waals surface area contributed by atoms with Crippen LogP contribution in [0.15, 0.2) is 23.1 Å². The maximum atomic E-state index is 11.2. The summed E-state index contributed by atoms with van der Waals surface area (Å²) in [5, 5.41) is 3.56. The molecule has 0 heterocycles. The summed E-state index contributed by atoms with van der Waals surface area (Å²) in [5.41, 5.74) is 0. The van der Waals surface area contributed by atoms with Gasteiger partial charge in [0.05, 0.1) is 22.3 Å². The highest BCUT2D eigenvalue weighted by molar-refractivity contribution is 8.00. The van der Waals surface area contributed by atoms with Gasteiger partial charge in [-0.05, 0) is 18.2 Å². The molecule has 0 atom stereocenters. The first-order chi connectivity index (χ1) is 7.63. The van der Waals surface area contributed by atoms with E-state index in [0.717, 1.165) is 4.90 Å². The fourth-order valence-electron chi connectivity index (χ4n) is 0.916. The predicted octanol–water partition coefficient (Wildman–Crippen LogP) is 2.83. The van der Waals surface area contributed by atoms with Gasteiger partial charge < -0.3 is 5.32 Å². The summed E-state index contributed by atoms with van der Waals surface area (Å²) in [5.74, 6) is 2.54. The highest BCUT2D eigenvalue weighted by Crippen LogP contribution is 2.27. The van der Waals surface area contributed by atoms with E-state index in [-0.39, 0.29) is 12.5 Å². The van der Waals surface area contributed by atoms with Crippen molar-refractivity contribution in [3.63, 3.8) is 0 Å². The molecule has 1 aromatic rings. The molecule has 0 saturated heterocycles. The number of halogens is 2. The zero-order chi connectivity index (χ0) is 12.0. The largest absolute Gasteiger partial charge is 0.344 e. The zero-order valence-electron chi connectivity index (χ0n) is 8.30. The number of carbonyl (C=O) groups excluding carboxylic acids is 1. The Labute approximate surface area is 109 Å². The summed E-state index contributed by atoms with van der Waals surface area (Å²) in [7, 11) is 0. The second-order valence-electron chi connectivity index (χ2n) is 2.85. The number of hydrogen-bond donors (Lipinski definition) is 1. The van der Waals surface area contributed by atoms with Crippen LogP contribution in [0.25, 0.3) is 0 Å². The topological polar surface area (TPSA) is 29.1 Å². The summed E-state index contributed by atoms with van der Waals surface area (Å²) in [6.45, 7) is 0.251. The minimum absolute atomic E-state index is 0.103. The van der Waals surface area contributed by atoms with Crippen LogP contribution in [0.5, 0.6) is 0 Å². The fraction of sp³-hybridized carbons (Fsp3) is 0.182. The van der Waals surface area contributed by atoms with Gasteiger partial charge in [0.1, 0.15) is 0 Å². The van der Waals surface area contributed by atoms with E-state index >= 15 is 0 Å². The Bertz CT molecular complexity index is 428. The summed E-state index contributed by atoms with van der Waals surface area (Å²) in [6, 6.07) is 5.24. The molecule has 1 rings (SSSR count). The smallest absolute Gasteiger partial charge is 0.231 e. The van der Waals surface area contributed by atoms with E-state index in [1.807, 2.05) is 6.07 Å². The van der Waals surface area contributed by atoms with Gasteiger partial charge in [0.15, 0.2) is 0 Å². The lowest BCUT2D eigenvalue weighted by molar-refractivity contribution is -0.118. The van der Waals surface area contributed by atoms with Gasteiger partial charge in [-0.25, -0.2) is 0 Å². The van der Waals surface area contributed by atoms with Gasteiger partial charge >= 0.3 is 0 Å². The molecule has 1 aromatic carbocycles. The molecular formula is C11H9Cl2NOS. The van der Waals surface area contributed by atoms with Crippen LogP contribution in [-0.2, 0) is 4.79 Å². The van der Waals surface area contributed by atoms with Crippen molar-refractivity contribution in [2.24, 2.45) is 0 Å². The Morgan fingerprint density at radius 3 is 2.81 bits per heavy atom. The molecule has 84 valence electrons. The van der Waals surface area contributed by atoms with Crippen LogP contribution in [0.2, 0.25) is 10.0 Å². The minimum atomic E-state index is -0.103. The summed E-state index contributed by atoms with van der Waals surface area (Å²) < 4.78 is 0. The average Bonchev–Trinajstić information content (AvgIpc) is 2.28. The van der Waals surface area contributed by atoms with Crippen molar-refractivity contribution in [1.82, 2.24) is 5.32 Å². The molecule has 0 fully saturated rings. The molecule has 1 amide bonds. The van der Waals surface area contributed by atoms with Gasteiger partial charge in [-0.1, -0.05) is 29.1 Å². The normalized spacial score (nSPS) is 9.56. The highest BCUT2D eigenvalue weighted by atomic mass is 35.5. The van der Waals surface area contributed by atoms with Crippen molar-refractivity contribution in [1.29, 1.82) is 0 Å². The third-order valence-electron chi connectivity index (χ3n) is 1.65. The number of thioether (sulfide) groups is 1. The van der Waals surface area contributed by atoms with Crippen molar-refractivity contribution in [2.75, 3.05) is 12.3 Å². The minimum Gasteiger partial charge on any atom is -0.344 e. The van der Waals surface area contributed by atoms with E-state index in [1.165, 1.54) is 11.8 Å². The molecule has 16 heavy (non-hydrogen) atoms. The monoisotopic (exact) mass is 273 g/mol. The van der Waals surface area contributed by atoms with Crippen LogP contribution in [0.4, 0.5) is 0 Å². The van der Waals surface area contributed by atoms with E-state index in [4.69, 9.17) is 29.6 Å². The second-order valence-corrected chi connectivity index (χ2v) is 4.71. The second kappa shape index (κ2) is 6.70. The van der Waals surface area contributed by atoms with Crippen molar-refractivity contribution in [3.8, 4) is 12.3 Å². The first kappa shape index (κ1) is 13.2. The molecule has 0 aliphatic heterocycles. The molecule has 0 spiro atoms. The van der Waals surface area contributed by atoms with E-state index in [0.29, 0.717) is 15.8 Å². The maximum Gasteiger partial charge on any atom is 0.231 e. The predicted molar refractivity (Wildman–Crippen MR) is 69.0 cm³/mol. The highest BCUT2D eigenvalue weighted by Gasteiger charge is 2.03. The first-order valence-corrected chi connectivity index (χ1v) is 6.15. The molecule has 0 aliphatic carbocycles. The third-order valence-corrected chi connectivity index (χ3v) is 3.38. The number of carbonyl (C=O) groups is 1. The fourth-order valence-corrected chi connectivity index (χ4v) is 2.04. The Morgan fingerprint density at radius 2 is 2.19 bits per heavy atom. The Hall–Kier alpha value is -0.820. The molecule has 1 N–H and O–H groups in total. The van der Waals surface area contributed by atoms with E-state index < -0.39 is 0 Å². The molecule has 0 bridgehead atoms. The summed E-state index contributed by atoms with van der Waals surface area (Å²) in [4.78, 5) is 12.1. The van der Waals surface area contributed by atoms with E-state index in [1.54, 1.807) is 12.1 Å². The van der Waals surface area contributed by atoms with Crippen molar-refractivity contribution in [3.05, 3.63) is 28.2 Å². The van der Waals surface area contributed by atoms with Gasteiger partial charge in [0, 0.05) is 4.90 Å². The number of amides is 1. The van der Waals surface area contributed by atoms with E-state index in [2.05, 4.69) is 11.2 Å². The lowest BCUT2D eigenvalue weighted by Crippen LogP contribution is -2.25. The molecule has 0 unspecified atom stereocenters. The molecule has 0 saturated carbocycles. The van der Waals surface area contributed by atoms with Crippen LogP contribution in [0.1, 0.15) is 0 Å². The van der Waals surface area contributed by atoms with Crippen molar-refractivity contribution < 1.29 is 4.79 Å². The Balaban J connectivity index is 2.46. The summed E-state index contributed by atoms with van der Waals surface area (Å²) >= 11 is 13.0. The van der Waals surface area contributed by atoms with Crippen LogP contribution in [-0.4, -0.2) is 18.2 Å². The molecular weight excluding hydrogens is 265 g/mol. The van der Waals surface area contributed by atoms with Crippen LogP contribution in [0.3, 0.4) is 0 Å². The Kier molecular flexibility index (Phi) is 5.54.